The summed E-state index contributed by atoms with van der Waals surface area (Å²) in [5.74, 6) is 1.07. The molecule has 0 radical (unpaired) electrons. The molecule has 8 nitrogen and oxygen atoms in total. The highest BCUT2D eigenvalue weighted by Crippen LogP contribution is 2.35. The lowest BCUT2D eigenvalue weighted by atomic mass is 10.0. The number of pyridine rings is 2. The van der Waals surface area contributed by atoms with E-state index >= 15 is 0 Å². The minimum Gasteiger partial charge on any atom is -0.489 e. The van der Waals surface area contributed by atoms with Crippen molar-refractivity contribution < 1.29 is 9.13 Å². The van der Waals surface area contributed by atoms with Crippen LogP contribution < -0.4 is 10.1 Å². The molecule has 3 aromatic heterocycles. The molecular formula is C27H26FN7O. The third-order valence-electron chi connectivity index (χ3n) is 6.60. The van der Waals surface area contributed by atoms with E-state index in [1.54, 1.807) is 18.3 Å². The Morgan fingerprint density at radius 2 is 1.94 bits per heavy atom. The molecule has 0 unspecified atom stereocenters. The lowest BCUT2D eigenvalue weighted by Gasteiger charge is -2.26. The summed E-state index contributed by atoms with van der Waals surface area (Å²) < 4.78 is 20.7. The molecule has 6 rings (SSSR count). The van der Waals surface area contributed by atoms with Gasteiger partial charge in [-0.2, -0.15) is 5.10 Å². The number of rotatable bonds is 7. The number of likely N-dealkylation sites (tertiary alicyclic amines) is 1. The second kappa shape index (κ2) is 9.87. The first-order chi connectivity index (χ1) is 17.8. The van der Waals surface area contributed by atoms with Crippen LogP contribution in [-0.4, -0.2) is 56.3 Å². The van der Waals surface area contributed by atoms with Gasteiger partial charge in [0.1, 0.15) is 18.8 Å². The maximum atomic E-state index is 14.9. The zero-order chi connectivity index (χ0) is 24.3. The largest absolute Gasteiger partial charge is 0.489 e. The average molecular weight is 484 g/mol. The van der Waals surface area contributed by atoms with Crippen LogP contribution >= 0.6 is 0 Å². The second-order valence-corrected chi connectivity index (χ2v) is 8.94. The van der Waals surface area contributed by atoms with E-state index < -0.39 is 5.82 Å². The van der Waals surface area contributed by atoms with Crippen molar-refractivity contribution in [3.8, 4) is 17.1 Å². The number of H-pyrrole nitrogens is 1. The van der Waals surface area contributed by atoms with Crippen LogP contribution in [0.5, 0.6) is 5.75 Å². The molecule has 0 saturated carbocycles. The minimum absolute atomic E-state index is 0.255. The van der Waals surface area contributed by atoms with Crippen LogP contribution in [0.2, 0.25) is 0 Å². The van der Waals surface area contributed by atoms with Gasteiger partial charge in [0.05, 0.1) is 5.52 Å². The molecule has 1 fully saturated rings. The monoisotopic (exact) mass is 483 g/mol. The summed E-state index contributed by atoms with van der Waals surface area (Å²) in [7, 11) is 0. The Bertz CT molecular complexity index is 1500. The number of aromatic nitrogens is 5. The molecule has 1 aliphatic rings. The second-order valence-electron chi connectivity index (χ2n) is 8.94. The van der Waals surface area contributed by atoms with Crippen LogP contribution in [0, 0.1) is 5.82 Å². The van der Waals surface area contributed by atoms with Crippen molar-refractivity contribution in [2.45, 2.75) is 19.3 Å². The van der Waals surface area contributed by atoms with E-state index in [0.29, 0.717) is 23.9 Å². The van der Waals surface area contributed by atoms with Crippen molar-refractivity contribution >= 4 is 33.2 Å². The molecule has 0 amide bonds. The van der Waals surface area contributed by atoms with E-state index in [1.165, 1.54) is 31.7 Å². The highest BCUT2D eigenvalue weighted by Gasteiger charge is 2.15. The van der Waals surface area contributed by atoms with E-state index in [1.807, 2.05) is 30.5 Å². The quantitative estimate of drug-likeness (QED) is 0.303. The Hall–Kier alpha value is -4.11. The Balaban J connectivity index is 1.29. The predicted molar refractivity (Wildman–Crippen MR) is 138 cm³/mol. The van der Waals surface area contributed by atoms with Crippen molar-refractivity contribution in [1.82, 2.24) is 30.0 Å². The average Bonchev–Trinajstić information content (AvgIpc) is 3.45. The normalized spacial score (nSPS) is 14.4. The molecule has 2 aromatic carbocycles. The fraction of sp³-hybridized carbons (Fsp3) is 0.259. The van der Waals surface area contributed by atoms with Gasteiger partial charge in [-0.15, -0.1) is 0 Å². The number of nitrogens with zero attached hydrogens (tertiary/aromatic N) is 5. The lowest BCUT2D eigenvalue weighted by molar-refractivity contribution is 0.180. The first kappa shape index (κ1) is 22.4. The van der Waals surface area contributed by atoms with Crippen LogP contribution in [0.1, 0.15) is 19.3 Å². The summed E-state index contributed by atoms with van der Waals surface area (Å²) in [4.78, 5) is 15.9. The molecule has 2 N–H and O–H groups in total. The smallest absolute Gasteiger partial charge is 0.167 e. The molecular weight excluding hydrogens is 457 g/mol. The van der Waals surface area contributed by atoms with Crippen molar-refractivity contribution in [1.29, 1.82) is 0 Å². The van der Waals surface area contributed by atoms with Gasteiger partial charge in [-0.25, -0.2) is 14.4 Å². The van der Waals surface area contributed by atoms with Gasteiger partial charge in [0.15, 0.2) is 17.4 Å². The van der Waals surface area contributed by atoms with Gasteiger partial charge in [-0.1, -0.05) is 18.6 Å². The van der Waals surface area contributed by atoms with Crippen LogP contribution in [0.3, 0.4) is 0 Å². The maximum Gasteiger partial charge on any atom is 0.167 e. The van der Waals surface area contributed by atoms with E-state index in [9.17, 15) is 4.39 Å². The van der Waals surface area contributed by atoms with Gasteiger partial charge in [-0.3, -0.25) is 15.0 Å². The number of hydrogen-bond acceptors (Lipinski definition) is 7. The summed E-state index contributed by atoms with van der Waals surface area (Å²) in [6.07, 6.45) is 8.74. The molecule has 9 heteroatoms. The standard InChI is InChI=1S/C27H26FN7O/c28-23-15-18(7-8-24(23)36-14-13-35-11-2-1-3-12-35)32-27-20-9-10-29-16-22(20)19-5-4-6-21(25(19)33-27)26-30-17-31-34-26/h4-10,15-17H,1-3,11-14H2,(H,32,33)(H,30,31,34). The van der Waals surface area contributed by atoms with E-state index in [0.717, 1.165) is 46.9 Å². The minimum atomic E-state index is -0.409. The number of piperidine rings is 1. The summed E-state index contributed by atoms with van der Waals surface area (Å²) in [6.45, 7) is 3.47. The van der Waals surface area contributed by atoms with Crippen molar-refractivity contribution in [2.75, 3.05) is 31.6 Å². The fourth-order valence-electron chi connectivity index (χ4n) is 4.79. The number of para-hydroxylation sites is 1. The van der Waals surface area contributed by atoms with Gasteiger partial charge < -0.3 is 10.1 Å². The van der Waals surface area contributed by atoms with E-state index in [2.05, 4.69) is 30.4 Å². The van der Waals surface area contributed by atoms with Crippen LogP contribution in [-0.2, 0) is 0 Å². The highest BCUT2D eigenvalue weighted by atomic mass is 19.1. The Labute approximate surface area is 207 Å². The number of benzene rings is 2. The van der Waals surface area contributed by atoms with Gasteiger partial charge in [-0.05, 0) is 50.2 Å². The Morgan fingerprint density at radius 1 is 1.03 bits per heavy atom. The first-order valence-corrected chi connectivity index (χ1v) is 12.2. The third-order valence-corrected chi connectivity index (χ3v) is 6.60. The number of fused-ring (bicyclic) bond motifs is 3. The number of aromatic amines is 1. The molecule has 0 bridgehead atoms. The van der Waals surface area contributed by atoms with Gasteiger partial charge in [0, 0.05) is 52.4 Å². The summed E-state index contributed by atoms with van der Waals surface area (Å²) in [5, 5.41) is 12.9. The van der Waals surface area contributed by atoms with E-state index in [-0.39, 0.29) is 5.75 Å². The molecule has 1 aliphatic heterocycles. The fourth-order valence-corrected chi connectivity index (χ4v) is 4.79. The highest BCUT2D eigenvalue weighted by molar-refractivity contribution is 6.13. The van der Waals surface area contributed by atoms with Crippen molar-refractivity contribution in [2.24, 2.45) is 0 Å². The topological polar surface area (TPSA) is 91.9 Å². The van der Waals surface area contributed by atoms with Crippen molar-refractivity contribution in [3.05, 3.63) is 67.0 Å². The van der Waals surface area contributed by atoms with Gasteiger partial charge in [0.2, 0.25) is 0 Å². The zero-order valence-electron chi connectivity index (χ0n) is 19.7. The maximum absolute atomic E-state index is 14.9. The summed E-state index contributed by atoms with van der Waals surface area (Å²) in [6, 6.07) is 12.7. The molecule has 4 heterocycles. The Morgan fingerprint density at radius 3 is 2.78 bits per heavy atom. The lowest BCUT2D eigenvalue weighted by Crippen LogP contribution is -2.33. The van der Waals surface area contributed by atoms with Crippen LogP contribution in [0.4, 0.5) is 15.9 Å². The molecule has 0 atom stereocenters. The van der Waals surface area contributed by atoms with Crippen LogP contribution in [0.15, 0.2) is 61.2 Å². The molecule has 36 heavy (non-hydrogen) atoms. The molecule has 0 spiro atoms. The first-order valence-electron chi connectivity index (χ1n) is 12.2. The summed E-state index contributed by atoms with van der Waals surface area (Å²) in [5.41, 5.74) is 2.15. The number of ether oxygens (including phenoxy) is 1. The Kier molecular flexibility index (Phi) is 6.13. The number of anilines is 2. The number of nitrogens with one attached hydrogen (secondary N) is 2. The zero-order valence-corrected chi connectivity index (χ0v) is 19.7. The van der Waals surface area contributed by atoms with E-state index in [4.69, 9.17) is 9.72 Å². The molecule has 182 valence electrons. The number of hydrogen-bond donors (Lipinski definition) is 2. The number of halogens is 1. The molecule has 0 aliphatic carbocycles. The third kappa shape index (κ3) is 4.45. The summed E-state index contributed by atoms with van der Waals surface area (Å²) >= 11 is 0. The van der Waals surface area contributed by atoms with Gasteiger partial charge >= 0.3 is 0 Å². The molecule has 5 aromatic rings. The van der Waals surface area contributed by atoms with Crippen LogP contribution in [0.25, 0.3) is 33.1 Å². The molecule has 1 saturated heterocycles. The SMILES string of the molecule is Fc1cc(Nc2nc3c(-c4ncn[nH]4)cccc3c3cnccc23)ccc1OCCN1CCCCC1. The predicted octanol–water partition coefficient (Wildman–Crippen LogP) is 5.32. The van der Waals surface area contributed by atoms with Crippen molar-refractivity contribution in [3.63, 3.8) is 0 Å². The van der Waals surface area contributed by atoms with Gasteiger partial charge in [0.25, 0.3) is 0 Å².